The van der Waals surface area contributed by atoms with Crippen molar-refractivity contribution in [2.45, 2.75) is 13.8 Å². The normalized spacial score (nSPS) is 10.4. The topological polar surface area (TPSA) is 45.2 Å². The number of hydrogen-bond donors (Lipinski definition) is 1. The molecule has 1 aromatic carbocycles. The van der Waals surface area contributed by atoms with E-state index in [0.29, 0.717) is 28.7 Å². The van der Waals surface area contributed by atoms with Crippen LogP contribution in [0.15, 0.2) is 36.7 Å². The van der Waals surface area contributed by atoms with Gasteiger partial charge in [-0.15, -0.1) is 0 Å². The molecule has 0 radical (unpaired) electrons. The van der Waals surface area contributed by atoms with Gasteiger partial charge in [0.05, 0.1) is 27.5 Å². The standard InChI is InChI=1S/C16H17Cl2N3O/c1-3-21(4-2)16(22)11-7-13(10-19-9-11)20-12-5-6-14(17)15(18)8-12/h5-10,20H,3-4H2,1-2H3. The van der Waals surface area contributed by atoms with E-state index in [1.807, 2.05) is 19.9 Å². The number of carbonyl (C=O) groups is 1. The van der Waals surface area contributed by atoms with E-state index < -0.39 is 0 Å². The first kappa shape index (κ1) is 16.6. The largest absolute Gasteiger partial charge is 0.354 e. The number of pyridine rings is 1. The molecular formula is C16H17Cl2N3O. The predicted molar refractivity (Wildman–Crippen MR) is 91.2 cm³/mol. The van der Waals surface area contributed by atoms with Gasteiger partial charge in [-0.05, 0) is 38.1 Å². The number of halogens is 2. The summed E-state index contributed by atoms with van der Waals surface area (Å²) in [7, 11) is 0. The second-order valence-corrected chi connectivity index (χ2v) is 5.51. The van der Waals surface area contributed by atoms with Crippen LogP contribution in [0.5, 0.6) is 0 Å². The van der Waals surface area contributed by atoms with Gasteiger partial charge in [-0.2, -0.15) is 0 Å². The monoisotopic (exact) mass is 337 g/mol. The van der Waals surface area contributed by atoms with Crippen LogP contribution in [0, 0.1) is 0 Å². The van der Waals surface area contributed by atoms with Crippen LogP contribution in [0.2, 0.25) is 10.0 Å². The molecule has 116 valence electrons. The SMILES string of the molecule is CCN(CC)C(=O)c1cncc(Nc2ccc(Cl)c(Cl)c2)c1. The highest BCUT2D eigenvalue weighted by Crippen LogP contribution is 2.27. The van der Waals surface area contributed by atoms with Crippen molar-refractivity contribution < 1.29 is 4.79 Å². The molecule has 0 spiro atoms. The van der Waals surface area contributed by atoms with Crippen LogP contribution in [0.3, 0.4) is 0 Å². The van der Waals surface area contributed by atoms with Crippen molar-refractivity contribution in [1.29, 1.82) is 0 Å². The number of nitrogens with zero attached hydrogens (tertiary/aromatic N) is 2. The Balaban J connectivity index is 2.21. The Morgan fingerprint density at radius 1 is 1.09 bits per heavy atom. The fourth-order valence-corrected chi connectivity index (χ4v) is 2.36. The average Bonchev–Trinajstić information content (AvgIpc) is 2.52. The molecule has 1 N–H and O–H groups in total. The van der Waals surface area contributed by atoms with Crippen LogP contribution >= 0.6 is 23.2 Å². The third kappa shape index (κ3) is 3.90. The number of nitrogens with one attached hydrogen (secondary N) is 1. The van der Waals surface area contributed by atoms with Gasteiger partial charge < -0.3 is 10.2 Å². The summed E-state index contributed by atoms with van der Waals surface area (Å²) in [6, 6.07) is 7.02. The Hall–Kier alpha value is -1.78. The molecule has 0 aliphatic carbocycles. The van der Waals surface area contributed by atoms with E-state index in [-0.39, 0.29) is 5.91 Å². The van der Waals surface area contributed by atoms with E-state index in [4.69, 9.17) is 23.2 Å². The highest BCUT2D eigenvalue weighted by molar-refractivity contribution is 6.42. The summed E-state index contributed by atoms with van der Waals surface area (Å²) in [5.74, 6) is -0.0321. The number of hydrogen-bond acceptors (Lipinski definition) is 3. The lowest BCUT2D eigenvalue weighted by molar-refractivity contribution is 0.0772. The zero-order chi connectivity index (χ0) is 16.1. The van der Waals surface area contributed by atoms with Crippen LogP contribution in [-0.4, -0.2) is 28.9 Å². The lowest BCUT2D eigenvalue weighted by Crippen LogP contribution is -2.30. The van der Waals surface area contributed by atoms with E-state index >= 15 is 0 Å². The summed E-state index contributed by atoms with van der Waals surface area (Å²) in [6.45, 7) is 5.23. The van der Waals surface area contributed by atoms with E-state index in [2.05, 4.69) is 10.3 Å². The Morgan fingerprint density at radius 3 is 2.45 bits per heavy atom. The Kier molecular flexibility index (Phi) is 5.63. The molecule has 0 fully saturated rings. The summed E-state index contributed by atoms with van der Waals surface area (Å²) in [5.41, 5.74) is 2.05. The molecule has 1 amide bonds. The number of carbonyl (C=O) groups excluding carboxylic acids is 1. The molecule has 22 heavy (non-hydrogen) atoms. The Morgan fingerprint density at radius 2 is 1.82 bits per heavy atom. The molecule has 0 unspecified atom stereocenters. The Labute approximate surface area is 140 Å². The highest BCUT2D eigenvalue weighted by atomic mass is 35.5. The van der Waals surface area contributed by atoms with Crippen molar-refractivity contribution >= 4 is 40.5 Å². The molecule has 0 atom stereocenters. The molecule has 0 aliphatic heterocycles. The highest BCUT2D eigenvalue weighted by Gasteiger charge is 2.13. The van der Waals surface area contributed by atoms with Crippen LogP contribution in [0.25, 0.3) is 0 Å². The fourth-order valence-electron chi connectivity index (χ4n) is 2.06. The maximum absolute atomic E-state index is 12.3. The van der Waals surface area contributed by atoms with Crippen LogP contribution < -0.4 is 5.32 Å². The molecule has 2 rings (SSSR count). The fraction of sp³-hybridized carbons (Fsp3) is 0.250. The summed E-state index contributed by atoms with van der Waals surface area (Å²) in [6.07, 6.45) is 3.22. The Bertz CT molecular complexity index is 672. The van der Waals surface area contributed by atoms with E-state index in [9.17, 15) is 4.79 Å². The van der Waals surface area contributed by atoms with Gasteiger partial charge in [-0.1, -0.05) is 23.2 Å². The first-order valence-electron chi connectivity index (χ1n) is 7.01. The van der Waals surface area contributed by atoms with E-state index in [1.165, 1.54) is 0 Å². The second-order valence-electron chi connectivity index (χ2n) is 4.69. The molecule has 0 aliphatic rings. The van der Waals surface area contributed by atoms with Crippen molar-refractivity contribution in [2.75, 3.05) is 18.4 Å². The van der Waals surface area contributed by atoms with Gasteiger partial charge in [0.15, 0.2) is 0 Å². The number of rotatable bonds is 5. The molecule has 1 heterocycles. The number of anilines is 2. The summed E-state index contributed by atoms with van der Waals surface area (Å²) >= 11 is 11.9. The molecule has 1 aromatic heterocycles. The second kappa shape index (κ2) is 7.47. The summed E-state index contributed by atoms with van der Waals surface area (Å²) < 4.78 is 0. The smallest absolute Gasteiger partial charge is 0.255 e. The van der Waals surface area contributed by atoms with Crippen molar-refractivity contribution in [1.82, 2.24) is 9.88 Å². The van der Waals surface area contributed by atoms with Gasteiger partial charge in [-0.3, -0.25) is 9.78 Å². The number of amides is 1. The maximum Gasteiger partial charge on any atom is 0.255 e. The zero-order valence-corrected chi connectivity index (χ0v) is 13.9. The minimum Gasteiger partial charge on any atom is -0.354 e. The summed E-state index contributed by atoms with van der Waals surface area (Å²) in [4.78, 5) is 18.2. The lowest BCUT2D eigenvalue weighted by Gasteiger charge is -2.18. The third-order valence-corrected chi connectivity index (χ3v) is 3.98. The average molecular weight is 338 g/mol. The quantitative estimate of drug-likeness (QED) is 0.866. The predicted octanol–water partition coefficient (Wildman–Crippen LogP) is 4.61. The number of benzene rings is 1. The lowest BCUT2D eigenvalue weighted by atomic mass is 10.2. The van der Waals surface area contributed by atoms with Gasteiger partial charge in [-0.25, -0.2) is 0 Å². The molecule has 0 bridgehead atoms. The van der Waals surface area contributed by atoms with Crippen LogP contribution in [0.4, 0.5) is 11.4 Å². The maximum atomic E-state index is 12.3. The molecule has 6 heteroatoms. The summed E-state index contributed by atoms with van der Waals surface area (Å²) in [5, 5.41) is 4.13. The molecule has 4 nitrogen and oxygen atoms in total. The van der Waals surface area contributed by atoms with Crippen molar-refractivity contribution in [3.8, 4) is 0 Å². The number of aromatic nitrogens is 1. The zero-order valence-electron chi connectivity index (χ0n) is 12.4. The van der Waals surface area contributed by atoms with Crippen molar-refractivity contribution in [3.05, 3.63) is 52.3 Å². The van der Waals surface area contributed by atoms with E-state index in [0.717, 1.165) is 11.4 Å². The minimum atomic E-state index is -0.0321. The third-order valence-electron chi connectivity index (χ3n) is 3.24. The van der Waals surface area contributed by atoms with Gasteiger partial charge >= 0.3 is 0 Å². The minimum absolute atomic E-state index is 0.0321. The van der Waals surface area contributed by atoms with Gasteiger partial charge in [0.2, 0.25) is 0 Å². The van der Waals surface area contributed by atoms with Crippen molar-refractivity contribution in [3.63, 3.8) is 0 Å². The van der Waals surface area contributed by atoms with Crippen molar-refractivity contribution in [2.24, 2.45) is 0 Å². The first-order valence-corrected chi connectivity index (χ1v) is 7.77. The van der Waals surface area contributed by atoms with Crippen LogP contribution in [-0.2, 0) is 0 Å². The van der Waals surface area contributed by atoms with Gasteiger partial charge in [0.1, 0.15) is 0 Å². The van der Waals surface area contributed by atoms with Crippen LogP contribution in [0.1, 0.15) is 24.2 Å². The van der Waals surface area contributed by atoms with E-state index in [1.54, 1.807) is 35.5 Å². The van der Waals surface area contributed by atoms with Gasteiger partial charge in [0.25, 0.3) is 5.91 Å². The molecule has 2 aromatic rings. The van der Waals surface area contributed by atoms with Gasteiger partial charge in [0, 0.05) is 25.0 Å². The molecule has 0 saturated heterocycles. The molecule has 0 saturated carbocycles. The first-order chi connectivity index (χ1) is 10.5. The molecular weight excluding hydrogens is 321 g/mol.